The van der Waals surface area contributed by atoms with E-state index in [4.69, 9.17) is 4.74 Å². The molecule has 0 saturated heterocycles. The second kappa shape index (κ2) is 8.97. The first-order chi connectivity index (χ1) is 15.5. The van der Waals surface area contributed by atoms with E-state index in [2.05, 4.69) is 15.6 Å². The van der Waals surface area contributed by atoms with Crippen molar-refractivity contribution >= 4 is 11.9 Å². The first-order valence-corrected chi connectivity index (χ1v) is 9.70. The third-order valence-corrected chi connectivity index (χ3v) is 4.75. The third kappa shape index (κ3) is 4.64. The van der Waals surface area contributed by atoms with E-state index in [0.717, 1.165) is 17.3 Å². The van der Waals surface area contributed by atoms with Crippen LogP contribution in [0.3, 0.4) is 0 Å². The Kier molecular flexibility index (Phi) is 5.93. The first-order valence-electron chi connectivity index (χ1n) is 9.70. The second-order valence-electron chi connectivity index (χ2n) is 6.86. The van der Waals surface area contributed by atoms with Crippen LogP contribution >= 0.6 is 0 Å². The van der Waals surface area contributed by atoms with Gasteiger partial charge in [0, 0.05) is 17.3 Å². The largest absolute Gasteiger partial charge is 0.497 e. The van der Waals surface area contributed by atoms with Crippen LogP contribution in [-0.4, -0.2) is 23.1 Å². The van der Waals surface area contributed by atoms with Gasteiger partial charge < -0.3 is 4.74 Å². The summed E-state index contributed by atoms with van der Waals surface area (Å²) < 4.78 is 46.6. The minimum Gasteiger partial charge on any atom is -0.497 e. The predicted molar refractivity (Wildman–Crippen MR) is 118 cm³/mol. The summed E-state index contributed by atoms with van der Waals surface area (Å²) in [5.74, 6) is 0.705. The fourth-order valence-corrected chi connectivity index (χ4v) is 3.17. The molecule has 0 saturated carbocycles. The molecule has 4 aromatic rings. The number of hydrazone groups is 1. The van der Waals surface area contributed by atoms with Crippen LogP contribution in [0.15, 0.2) is 90.2 Å². The molecule has 0 atom stereocenters. The van der Waals surface area contributed by atoms with E-state index in [1.807, 2.05) is 54.6 Å². The highest BCUT2D eigenvalue weighted by Gasteiger charge is 2.33. The number of nitrogens with one attached hydrogen (secondary N) is 1. The number of rotatable bonds is 6. The summed E-state index contributed by atoms with van der Waals surface area (Å²) in [7, 11) is 1.58. The van der Waals surface area contributed by atoms with E-state index >= 15 is 0 Å². The van der Waals surface area contributed by atoms with E-state index in [0.29, 0.717) is 17.0 Å². The van der Waals surface area contributed by atoms with Crippen LogP contribution < -0.4 is 10.2 Å². The van der Waals surface area contributed by atoms with Gasteiger partial charge in [-0.1, -0.05) is 30.3 Å². The van der Waals surface area contributed by atoms with Crippen molar-refractivity contribution in [3.63, 3.8) is 0 Å². The van der Waals surface area contributed by atoms with Crippen molar-refractivity contribution in [3.8, 4) is 22.7 Å². The average Bonchev–Trinajstić information content (AvgIpc) is 3.23. The molecule has 0 unspecified atom stereocenters. The maximum Gasteiger partial charge on any atom is 0.418 e. The summed E-state index contributed by atoms with van der Waals surface area (Å²) in [6, 6.07) is 22.1. The summed E-state index contributed by atoms with van der Waals surface area (Å²) in [6.07, 6.45) is -1.25. The SMILES string of the molecule is COc1ccc(-c2nn(-c3ccccc3)cc2C=NNc2ccccc2C(F)(F)F)cc1. The fourth-order valence-electron chi connectivity index (χ4n) is 3.17. The maximum atomic E-state index is 13.2. The van der Waals surface area contributed by atoms with Crippen molar-refractivity contribution in [1.82, 2.24) is 9.78 Å². The van der Waals surface area contributed by atoms with Crippen molar-refractivity contribution < 1.29 is 17.9 Å². The molecule has 0 aliphatic carbocycles. The van der Waals surface area contributed by atoms with E-state index in [-0.39, 0.29) is 5.69 Å². The predicted octanol–water partition coefficient (Wildman–Crippen LogP) is 6.01. The van der Waals surface area contributed by atoms with E-state index in [9.17, 15) is 13.2 Å². The minimum absolute atomic E-state index is 0.127. The van der Waals surface area contributed by atoms with Gasteiger partial charge in [0.15, 0.2) is 0 Å². The lowest BCUT2D eigenvalue weighted by Crippen LogP contribution is -2.08. The molecule has 8 heteroatoms. The number of aromatic nitrogens is 2. The van der Waals surface area contributed by atoms with Gasteiger partial charge in [-0.2, -0.15) is 23.4 Å². The van der Waals surface area contributed by atoms with E-state index in [1.165, 1.54) is 24.4 Å². The highest BCUT2D eigenvalue weighted by molar-refractivity contribution is 5.89. The van der Waals surface area contributed by atoms with Gasteiger partial charge >= 0.3 is 6.18 Å². The van der Waals surface area contributed by atoms with Gasteiger partial charge in [-0.15, -0.1) is 0 Å². The second-order valence-corrected chi connectivity index (χ2v) is 6.86. The summed E-state index contributed by atoms with van der Waals surface area (Å²) in [5.41, 5.74) is 4.52. The molecule has 1 N–H and O–H groups in total. The van der Waals surface area contributed by atoms with E-state index in [1.54, 1.807) is 18.0 Å². The molecule has 3 aromatic carbocycles. The number of halogens is 3. The van der Waals surface area contributed by atoms with Crippen molar-refractivity contribution in [3.05, 3.63) is 96.2 Å². The Labute approximate surface area is 182 Å². The zero-order valence-electron chi connectivity index (χ0n) is 17.0. The van der Waals surface area contributed by atoms with Crippen LogP contribution in [0.4, 0.5) is 18.9 Å². The molecule has 1 heterocycles. The van der Waals surface area contributed by atoms with Crippen molar-refractivity contribution in [2.24, 2.45) is 5.10 Å². The Bertz CT molecular complexity index is 1220. The highest BCUT2D eigenvalue weighted by Crippen LogP contribution is 2.34. The lowest BCUT2D eigenvalue weighted by molar-refractivity contribution is -0.136. The molecule has 0 fully saturated rings. The standard InChI is InChI=1S/C24H19F3N4O/c1-32-20-13-11-17(12-14-20)23-18(16-31(30-23)19-7-3-2-4-8-19)15-28-29-22-10-6-5-9-21(22)24(25,26)27/h2-16,29H,1H3. The van der Waals surface area contributed by atoms with Crippen LogP contribution in [-0.2, 0) is 6.18 Å². The van der Waals surface area contributed by atoms with Gasteiger partial charge in [-0.05, 0) is 48.5 Å². The monoisotopic (exact) mass is 436 g/mol. The fraction of sp³-hybridized carbons (Fsp3) is 0.0833. The Morgan fingerprint density at radius 2 is 1.62 bits per heavy atom. The topological polar surface area (TPSA) is 51.4 Å². The molecule has 0 amide bonds. The molecule has 0 spiro atoms. The number of ether oxygens (including phenoxy) is 1. The van der Waals surface area contributed by atoms with Gasteiger partial charge in [-0.25, -0.2) is 4.68 Å². The zero-order valence-corrected chi connectivity index (χ0v) is 17.0. The number of alkyl halides is 3. The van der Waals surface area contributed by atoms with Crippen LogP contribution in [0.25, 0.3) is 16.9 Å². The minimum atomic E-state index is -4.48. The molecule has 0 radical (unpaired) electrons. The van der Waals surface area contributed by atoms with Crippen molar-refractivity contribution in [2.75, 3.05) is 12.5 Å². The van der Waals surface area contributed by atoms with Crippen LogP contribution in [0.2, 0.25) is 0 Å². The number of para-hydroxylation sites is 2. The Balaban J connectivity index is 1.69. The number of hydrogen-bond donors (Lipinski definition) is 1. The third-order valence-electron chi connectivity index (χ3n) is 4.75. The van der Waals surface area contributed by atoms with Gasteiger partial charge in [0.1, 0.15) is 11.4 Å². The smallest absolute Gasteiger partial charge is 0.418 e. The Hall–Kier alpha value is -4.07. The quantitative estimate of drug-likeness (QED) is 0.297. The van der Waals surface area contributed by atoms with Gasteiger partial charge in [0.25, 0.3) is 0 Å². The summed E-state index contributed by atoms with van der Waals surface area (Å²) in [6.45, 7) is 0. The van der Waals surface area contributed by atoms with Gasteiger partial charge in [0.05, 0.1) is 30.3 Å². The zero-order chi connectivity index (χ0) is 22.6. The summed E-state index contributed by atoms with van der Waals surface area (Å²) in [5, 5.41) is 8.73. The Morgan fingerprint density at radius 3 is 2.31 bits per heavy atom. The number of anilines is 1. The maximum absolute atomic E-state index is 13.2. The number of benzene rings is 3. The molecular weight excluding hydrogens is 417 g/mol. The molecule has 4 rings (SSSR count). The van der Waals surface area contributed by atoms with Crippen LogP contribution in [0.5, 0.6) is 5.75 Å². The highest BCUT2D eigenvalue weighted by atomic mass is 19.4. The van der Waals surface area contributed by atoms with Crippen molar-refractivity contribution in [1.29, 1.82) is 0 Å². The lowest BCUT2D eigenvalue weighted by Gasteiger charge is -2.11. The molecule has 162 valence electrons. The first kappa shape index (κ1) is 21.2. The molecule has 0 bridgehead atoms. The number of methoxy groups -OCH3 is 1. The molecule has 1 aromatic heterocycles. The van der Waals surface area contributed by atoms with Crippen molar-refractivity contribution in [2.45, 2.75) is 6.18 Å². The van der Waals surface area contributed by atoms with Gasteiger partial charge in [-0.3, -0.25) is 5.43 Å². The average molecular weight is 436 g/mol. The summed E-state index contributed by atoms with van der Waals surface area (Å²) >= 11 is 0. The molecule has 0 aliphatic rings. The molecular formula is C24H19F3N4O. The van der Waals surface area contributed by atoms with Gasteiger partial charge in [0.2, 0.25) is 0 Å². The number of hydrogen-bond acceptors (Lipinski definition) is 4. The number of nitrogens with zero attached hydrogens (tertiary/aromatic N) is 3. The van der Waals surface area contributed by atoms with Crippen LogP contribution in [0.1, 0.15) is 11.1 Å². The summed E-state index contributed by atoms with van der Waals surface area (Å²) in [4.78, 5) is 0. The molecule has 32 heavy (non-hydrogen) atoms. The Morgan fingerprint density at radius 1 is 0.938 bits per heavy atom. The van der Waals surface area contributed by atoms with E-state index < -0.39 is 11.7 Å². The van der Waals surface area contributed by atoms with Crippen LogP contribution in [0, 0.1) is 0 Å². The lowest BCUT2D eigenvalue weighted by atomic mass is 10.1. The molecule has 5 nitrogen and oxygen atoms in total. The molecule has 0 aliphatic heterocycles. The normalized spacial score (nSPS) is 11.6.